The number of hydrogen-bond acceptors (Lipinski definition) is 4. The van der Waals surface area contributed by atoms with Crippen molar-refractivity contribution in [3.8, 4) is 12.3 Å². The summed E-state index contributed by atoms with van der Waals surface area (Å²) in [5.74, 6) is 2.39. The molecule has 0 radical (unpaired) electrons. The average Bonchev–Trinajstić information content (AvgIpc) is 2.37. The van der Waals surface area contributed by atoms with Gasteiger partial charge in [-0.25, -0.2) is 13.1 Å². The molecule has 1 aromatic carbocycles. The van der Waals surface area contributed by atoms with Gasteiger partial charge in [0.25, 0.3) is 5.69 Å². The van der Waals surface area contributed by atoms with Crippen molar-refractivity contribution in [3.05, 3.63) is 32.8 Å². The first-order valence-electron chi connectivity index (χ1n) is 5.67. The minimum Gasteiger partial charge on any atom is -0.258 e. The summed E-state index contributed by atoms with van der Waals surface area (Å²) in [5.41, 5.74) is -0.107. The Morgan fingerprint density at radius 1 is 1.50 bits per heavy atom. The molecule has 1 N–H and O–H groups in total. The van der Waals surface area contributed by atoms with E-state index in [2.05, 4.69) is 10.6 Å². The molecule has 1 rings (SSSR count). The number of nitrogens with one attached hydrogen (secondary N) is 1. The van der Waals surface area contributed by atoms with E-state index in [4.69, 9.17) is 18.0 Å². The first kappa shape index (κ1) is 16.4. The zero-order valence-corrected chi connectivity index (χ0v) is 12.3. The molecule has 0 amide bonds. The molecule has 0 saturated heterocycles. The molecule has 8 heteroatoms. The third-order valence-electron chi connectivity index (χ3n) is 2.59. The van der Waals surface area contributed by atoms with Crippen molar-refractivity contribution in [2.75, 3.05) is 6.54 Å². The van der Waals surface area contributed by atoms with Crippen LogP contribution in [0, 0.1) is 29.4 Å². The fraction of sp³-hybridized carbons (Fsp3) is 0.333. The van der Waals surface area contributed by atoms with Crippen LogP contribution in [0.5, 0.6) is 0 Å². The van der Waals surface area contributed by atoms with Gasteiger partial charge in [-0.15, -0.1) is 12.3 Å². The smallest absolute Gasteiger partial charge is 0.258 e. The van der Waals surface area contributed by atoms with E-state index in [1.807, 2.05) is 0 Å². The zero-order valence-electron chi connectivity index (χ0n) is 10.7. The van der Waals surface area contributed by atoms with Gasteiger partial charge >= 0.3 is 0 Å². The Hall–Kier alpha value is -1.62. The Labute approximate surface area is 122 Å². The predicted molar refractivity (Wildman–Crippen MR) is 76.1 cm³/mol. The number of unbranched alkanes of at least 4 members (excludes halogenated alkanes) is 1. The molecular formula is C12H13ClN2O4S. The number of rotatable bonds is 6. The number of nitro benzene ring substituents is 1. The molecule has 20 heavy (non-hydrogen) atoms. The maximum absolute atomic E-state index is 12.0. The van der Waals surface area contributed by atoms with Gasteiger partial charge in [0.1, 0.15) is 0 Å². The largest absolute Gasteiger partial charge is 0.275 e. The Morgan fingerprint density at radius 3 is 2.70 bits per heavy atom. The van der Waals surface area contributed by atoms with E-state index >= 15 is 0 Å². The summed E-state index contributed by atoms with van der Waals surface area (Å²) in [6.07, 6.45) is 5.98. The second kappa shape index (κ2) is 6.70. The van der Waals surface area contributed by atoms with Crippen LogP contribution in [0.25, 0.3) is 0 Å². The summed E-state index contributed by atoms with van der Waals surface area (Å²) >= 11 is 5.83. The van der Waals surface area contributed by atoms with E-state index < -0.39 is 14.9 Å². The van der Waals surface area contributed by atoms with Gasteiger partial charge in [-0.05, 0) is 19.4 Å². The first-order valence-corrected chi connectivity index (χ1v) is 7.53. The van der Waals surface area contributed by atoms with Crippen LogP contribution in [-0.4, -0.2) is 19.9 Å². The minimum atomic E-state index is -3.84. The van der Waals surface area contributed by atoms with Crippen LogP contribution in [0.2, 0.25) is 5.02 Å². The number of sulfonamides is 1. The number of benzene rings is 1. The molecule has 0 heterocycles. The highest BCUT2D eigenvalue weighted by Gasteiger charge is 2.22. The third kappa shape index (κ3) is 3.93. The molecule has 0 spiro atoms. The van der Waals surface area contributed by atoms with Crippen molar-refractivity contribution in [2.45, 2.75) is 24.7 Å². The van der Waals surface area contributed by atoms with Crippen LogP contribution in [0.15, 0.2) is 17.0 Å². The maximum atomic E-state index is 12.0. The van der Waals surface area contributed by atoms with E-state index in [-0.39, 0.29) is 27.7 Å². The molecule has 0 bridgehead atoms. The SMILES string of the molecule is C#CCCCNS(=O)(=O)c1cc(Cl)c(C)c([N+](=O)[O-])c1. The molecule has 0 aliphatic carbocycles. The molecule has 0 aliphatic rings. The molecular weight excluding hydrogens is 304 g/mol. The highest BCUT2D eigenvalue weighted by atomic mass is 35.5. The van der Waals surface area contributed by atoms with Gasteiger partial charge in [-0.1, -0.05) is 11.6 Å². The Balaban J connectivity index is 3.07. The number of nitro groups is 1. The molecule has 108 valence electrons. The lowest BCUT2D eigenvalue weighted by Gasteiger charge is -2.08. The molecule has 0 aromatic heterocycles. The van der Waals surface area contributed by atoms with E-state index in [0.29, 0.717) is 12.8 Å². The van der Waals surface area contributed by atoms with Gasteiger partial charge in [-0.2, -0.15) is 0 Å². The van der Waals surface area contributed by atoms with Crippen molar-refractivity contribution in [2.24, 2.45) is 0 Å². The molecule has 0 unspecified atom stereocenters. The van der Waals surface area contributed by atoms with Crippen LogP contribution in [-0.2, 0) is 10.0 Å². The van der Waals surface area contributed by atoms with Gasteiger partial charge in [0.05, 0.1) is 14.8 Å². The Kier molecular flexibility index (Phi) is 5.51. The van der Waals surface area contributed by atoms with E-state index in [9.17, 15) is 18.5 Å². The van der Waals surface area contributed by atoms with Crippen LogP contribution >= 0.6 is 11.6 Å². The van der Waals surface area contributed by atoms with Gasteiger partial charge in [-0.3, -0.25) is 10.1 Å². The lowest BCUT2D eigenvalue weighted by Crippen LogP contribution is -2.25. The lowest BCUT2D eigenvalue weighted by molar-refractivity contribution is -0.385. The topological polar surface area (TPSA) is 89.3 Å². The summed E-state index contributed by atoms with van der Waals surface area (Å²) < 4.78 is 26.3. The molecule has 0 fully saturated rings. The van der Waals surface area contributed by atoms with Gasteiger partial charge in [0.2, 0.25) is 10.0 Å². The summed E-state index contributed by atoms with van der Waals surface area (Å²) in [4.78, 5) is 9.96. The van der Waals surface area contributed by atoms with Gasteiger partial charge in [0, 0.05) is 24.6 Å². The fourth-order valence-corrected chi connectivity index (χ4v) is 2.86. The Morgan fingerprint density at radius 2 is 2.15 bits per heavy atom. The second-order valence-electron chi connectivity index (χ2n) is 4.01. The number of terminal acetylenes is 1. The van der Waals surface area contributed by atoms with Crippen molar-refractivity contribution in [3.63, 3.8) is 0 Å². The lowest BCUT2D eigenvalue weighted by atomic mass is 10.2. The highest BCUT2D eigenvalue weighted by molar-refractivity contribution is 7.89. The monoisotopic (exact) mass is 316 g/mol. The van der Waals surface area contributed by atoms with Crippen LogP contribution in [0.1, 0.15) is 18.4 Å². The van der Waals surface area contributed by atoms with Crippen molar-refractivity contribution >= 4 is 27.3 Å². The van der Waals surface area contributed by atoms with Gasteiger partial charge in [0.15, 0.2) is 0 Å². The molecule has 0 aliphatic heterocycles. The number of nitrogens with zero attached hydrogens (tertiary/aromatic N) is 1. The minimum absolute atomic E-state index is 0.0307. The van der Waals surface area contributed by atoms with Gasteiger partial charge < -0.3 is 0 Å². The highest BCUT2D eigenvalue weighted by Crippen LogP contribution is 2.29. The summed E-state index contributed by atoms with van der Waals surface area (Å²) in [5, 5.41) is 10.9. The Bertz CT molecular complexity index is 665. The zero-order chi connectivity index (χ0) is 15.3. The maximum Gasteiger partial charge on any atom is 0.275 e. The molecule has 0 atom stereocenters. The molecule has 0 saturated carbocycles. The second-order valence-corrected chi connectivity index (χ2v) is 6.19. The van der Waals surface area contributed by atoms with E-state index in [1.165, 1.54) is 13.0 Å². The normalized spacial score (nSPS) is 11.1. The van der Waals surface area contributed by atoms with Crippen LogP contribution in [0.4, 0.5) is 5.69 Å². The number of halogens is 1. The average molecular weight is 317 g/mol. The van der Waals surface area contributed by atoms with E-state index in [1.54, 1.807) is 0 Å². The first-order chi connectivity index (χ1) is 9.29. The summed E-state index contributed by atoms with van der Waals surface area (Å²) in [7, 11) is -3.84. The number of hydrogen-bond donors (Lipinski definition) is 1. The van der Waals surface area contributed by atoms with Crippen molar-refractivity contribution in [1.29, 1.82) is 0 Å². The predicted octanol–water partition coefficient (Wildman–Crippen LogP) is 2.25. The van der Waals surface area contributed by atoms with Crippen LogP contribution < -0.4 is 4.72 Å². The quantitative estimate of drug-likeness (QED) is 0.377. The molecule has 1 aromatic rings. The fourth-order valence-electron chi connectivity index (χ4n) is 1.47. The van der Waals surface area contributed by atoms with E-state index in [0.717, 1.165) is 6.07 Å². The summed E-state index contributed by atoms with van der Waals surface area (Å²) in [6.45, 7) is 1.61. The third-order valence-corrected chi connectivity index (χ3v) is 4.42. The standard InChI is InChI=1S/C12H13ClN2O4S/c1-3-4-5-6-14-20(18,19)10-7-11(13)9(2)12(8-10)15(16)17/h1,7-8,14H,4-6H2,2H3. The van der Waals surface area contributed by atoms with Crippen LogP contribution in [0.3, 0.4) is 0 Å². The van der Waals surface area contributed by atoms with Crippen molar-refractivity contribution in [1.82, 2.24) is 4.72 Å². The summed E-state index contributed by atoms with van der Waals surface area (Å²) in [6, 6.07) is 2.18. The molecule has 6 nitrogen and oxygen atoms in total. The van der Waals surface area contributed by atoms with Crippen molar-refractivity contribution < 1.29 is 13.3 Å².